The van der Waals surface area contributed by atoms with E-state index < -0.39 is 0 Å². The number of nitrogens with zero attached hydrogens (tertiary/aromatic N) is 1. The molecule has 1 aliphatic rings. The van der Waals surface area contributed by atoms with Crippen LogP contribution in [0.5, 0.6) is 0 Å². The largest absolute Gasteiger partial charge is 0.508 e. The Morgan fingerprint density at radius 3 is 3.09 bits per heavy atom. The molecule has 0 aliphatic heterocycles. The third-order valence-corrected chi connectivity index (χ3v) is 1.88. The molecular weight excluding hydrogens is 158 g/mol. The van der Waals surface area contributed by atoms with Crippen molar-refractivity contribution in [1.29, 1.82) is 5.26 Å². The summed E-state index contributed by atoms with van der Waals surface area (Å²) in [4.78, 5) is 0.952. The maximum Gasteiger partial charge on any atom is 0.138 e. The summed E-state index contributed by atoms with van der Waals surface area (Å²) in [7, 11) is 0. The van der Waals surface area contributed by atoms with Gasteiger partial charge in [-0.15, -0.1) is 0 Å². The van der Waals surface area contributed by atoms with E-state index in [9.17, 15) is 0 Å². The molecule has 11 heavy (non-hydrogen) atoms. The molecule has 0 aromatic carbocycles. The van der Waals surface area contributed by atoms with E-state index in [2.05, 4.69) is 0 Å². The van der Waals surface area contributed by atoms with Gasteiger partial charge in [-0.3, -0.25) is 0 Å². The van der Waals surface area contributed by atoms with Gasteiger partial charge < -0.3 is 5.11 Å². The number of hydrogen-bond acceptors (Lipinski definition) is 3. The quantitative estimate of drug-likeness (QED) is 0.607. The molecule has 1 aliphatic carbocycles. The summed E-state index contributed by atoms with van der Waals surface area (Å²) >= 11 is 1.13. The number of allylic oxidation sites excluding steroid dienone is 5. The van der Waals surface area contributed by atoms with E-state index in [4.69, 9.17) is 10.4 Å². The molecule has 0 unspecified atom stereocenters. The zero-order valence-corrected chi connectivity index (χ0v) is 6.64. The molecule has 56 valence electrons. The van der Waals surface area contributed by atoms with E-state index in [1.807, 2.05) is 11.5 Å². The summed E-state index contributed by atoms with van der Waals surface area (Å²) in [6, 6.07) is 0. The molecular formula is C8H7NOS. The fourth-order valence-corrected chi connectivity index (χ4v) is 1.16. The third-order valence-electron chi connectivity index (χ3n) is 1.22. The van der Waals surface area contributed by atoms with Crippen molar-refractivity contribution in [2.45, 2.75) is 6.42 Å². The predicted molar refractivity (Wildman–Crippen MR) is 45.8 cm³/mol. The van der Waals surface area contributed by atoms with E-state index >= 15 is 0 Å². The molecule has 0 spiro atoms. The second-order valence-electron chi connectivity index (χ2n) is 2.02. The lowest BCUT2D eigenvalue weighted by molar-refractivity contribution is 0.432. The van der Waals surface area contributed by atoms with E-state index in [1.165, 1.54) is 0 Å². The SMILES string of the molecule is N#CSC1=CC=C(O)C=CC1. The number of rotatable bonds is 1. The molecule has 0 radical (unpaired) electrons. The standard InChI is InChI=1S/C8H7NOS/c9-6-11-8-3-1-2-7(10)4-5-8/h1-2,4-5,10H,3H2. The lowest BCUT2D eigenvalue weighted by Crippen LogP contribution is -1.68. The van der Waals surface area contributed by atoms with Crippen LogP contribution in [-0.2, 0) is 0 Å². The van der Waals surface area contributed by atoms with Gasteiger partial charge in [-0.1, -0.05) is 6.08 Å². The van der Waals surface area contributed by atoms with Crippen molar-refractivity contribution in [1.82, 2.24) is 0 Å². The molecule has 0 aromatic heterocycles. The highest BCUT2D eigenvalue weighted by molar-refractivity contribution is 8.07. The number of aliphatic hydroxyl groups is 1. The fraction of sp³-hybridized carbons (Fsp3) is 0.125. The van der Waals surface area contributed by atoms with E-state index in [1.54, 1.807) is 18.2 Å². The maximum absolute atomic E-state index is 9.01. The molecule has 0 saturated carbocycles. The van der Waals surface area contributed by atoms with Crippen LogP contribution < -0.4 is 0 Å². The van der Waals surface area contributed by atoms with Crippen molar-refractivity contribution < 1.29 is 5.11 Å². The summed E-state index contributed by atoms with van der Waals surface area (Å²) < 4.78 is 0. The van der Waals surface area contributed by atoms with Gasteiger partial charge in [0.15, 0.2) is 0 Å². The molecule has 3 heteroatoms. The average Bonchev–Trinajstić information content (AvgIpc) is 2.17. The Kier molecular flexibility index (Phi) is 2.82. The van der Waals surface area contributed by atoms with E-state index in [0.717, 1.165) is 23.1 Å². The minimum absolute atomic E-state index is 0.235. The van der Waals surface area contributed by atoms with Crippen molar-refractivity contribution in [3.8, 4) is 5.40 Å². The Morgan fingerprint density at radius 1 is 1.55 bits per heavy atom. The first kappa shape index (κ1) is 7.96. The van der Waals surface area contributed by atoms with Crippen molar-refractivity contribution in [3.05, 3.63) is 35.0 Å². The molecule has 0 atom stereocenters. The van der Waals surface area contributed by atoms with Crippen molar-refractivity contribution in [3.63, 3.8) is 0 Å². The van der Waals surface area contributed by atoms with Gasteiger partial charge in [-0.25, -0.2) is 0 Å². The van der Waals surface area contributed by atoms with Crippen molar-refractivity contribution in [2.75, 3.05) is 0 Å². The van der Waals surface area contributed by atoms with Crippen LogP contribution in [0.2, 0.25) is 0 Å². The zero-order chi connectivity index (χ0) is 8.10. The number of nitriles is 1. The molecule has 0 bridgehead atoms. The summed E-state index contributed by atoms with van der Waals surface area (Å²) in [5.41, 5.74) is 0. The van der Waals surface area contributed by atoms with E-state index in [0.29, 0.717) is 0 Å². The summed E-state index contributed by atoms with van der Waals surface area (Å²) in [6.07, 6.45) is 7.52. The van der Waals surface area contributed by atoms with Gasteiger partial charge in [-0.2, -0.15) is 5.26 Å². The fourth-order valence-electron chi connectivity index (χ4n) is 0.732. The van der Waals surface area contributed by atoms with Gasteiger partial charge in [0, 0.05) is 4.91 Å². The number of thioether (sulfide) groups is 1. The molecule has 0 aromatic rings. The topological polar surface area (TPSA) is 44.0 Å². The molecule has 0 fully saturated rings. The second-order valence-corrected chi connectivity index (χ2v) is 2.94. The average molecular weight is 165 g/mol. The summed E-state index contributed by atoms with van der Waals surface area (Å²) in [5, 5.41) is 19.3. The van der Waals surface area contributed by atoms with Crippen LogP contribution in [0.3, 0.4) is 0 Å². The van der Waals surface area contributed by atoms with Gasteiger partial charge in [0.1, 0.15) is 11.2 Å². The van der Waals surface area contributed by atoms with Crippen LogP contribution in [0.25, 0.3) is 0 Å². The molecule has 2 nitrogen and oxygen atoms in total. The molecule has 1 rings (SSSR count). The summed E-state index contributed by atoms with van der Waals surface area (Å²) in [6.45, 7) is 0. The molecule has 0 amide bonds. The molecule has 1 N–H and O–H groups in total. The Labute approximate surface area is 69.5 Å². The van der Waals surface area contributed by atoms with Crippen LogP contribution in [0.4, 0.5) is 0 Å². The first-order valence-electron chi connectivity index (χ1n) is 3.15. The first-order chi connectivity index (χ1) is 5.33. The van der Waals surface area contributed by atoms with Crippen LogP contribution in [0, 0.1) is 10.7 Å². The monoisotopic (exact) mass is 165 g/mol. The van der Waals surface area contributed by atoms with Gasteiger partial charge in [0.25, 0.3) is 0 Å². The number of hydrogen-bond donors (Lipinski definition) is 1. The van der Waals surface area contributed by atoms with Gasteiger partial charge >= 0.3 is 0 Å². The van der Waals surface area contributed by atoms with Crippen molar-refractivity contribution >= 4 is 11.8 Å². The van der Waals surface area contributed by atoms with Gasteiger partial charge in [0.05, 0.1) is 0 Å². The first-order valence-corrected chi connectivity index (χ1v) is 3.97. The molecule has 0 saturated heterocycles. The summed E-state index contributed by atoms with van der Waals surface area (Å²) in [5.74, 6) is 0.235. The van der Waals surface area contributed by atoms with Crippen LogP contribution in [0.1, 0.15) is 6.42 Å². The minimum atomic E-state index is 0.235. The molecule has 0 heterocycles. The Hall–Kier alpha value is -1.14. The van der Waals surface area contributed by atoms with Crippen LogP contribution >= 0.6 is 11.8 Å². The van der Waals surface area contributed by atoms with Crippen molar-refractivity contribution in [2.24, 2.45) is 0 Å². The number of thiocyanates is 1. The lowest BCUT2D eigenvalue weighted by Gasteiger charge is -1.90. The predicted octanol–water partition coefficient (Wildman–Crippen LogP) is 2.49. The Bertz CT molecular complexity index is 270. The lowest BCUT2D eigenvalue weighted by atomic mass is 10.4. The van der Waals surface area contributed by atoms with E-state index in [-0.39, 0.29) is 5.76 Å². The Balaban J connectivity index is 2.72. The smallest absolute Gasteiger partial charge is 0.138 e. The van der Waals surface area contributed by atoms with Gasteiger partial charge in [-0.05, 0) is 36.4 Å². The number of aliphatic hydroxyl groups excluding tert-OH is 1. The van der Waals surface area contributed by atoms with Crippen LogP contribution in [-0.4, -0.2) is 5.11 Å². The normalized spacial score (nSPS) is 16.3. The zero-order valence-electron chi connectivity index (χ0n) is 5.82. The highest BCUT2D eigenvalue weighted by atomic mass is 32.2. The third kappa shape index (κ3) is 2.52. The highest BCUT2D eigenvalue weighted by Crippen LogP contribution is 2.20. The van der Waals surface area contributed by atoms with Gasteiger partial charge in [0.2, 0.25) is 0 Å². The van der Waals surface area contributed by atoms with Crippen LogP contribution in [0.15, 0.2) is 35.0 Å². The second kappa shape index (κ2) is 3.89. The minimum Gasteiger partial charge on any atom is -0.508 e. The highest BCUT2D eigenvalue weighted by Gasteiger charge is 1.97. The Morgan fingerprint density at radius 2 is 2.36 bits per heavy atom. The maximum atomic E-state index is 9.01.